The Labute approximate surface area is 370 Å². The molecule has 2 aromatic carbocycles. The zero-order valence-corrected chi connectivity index (χ0v) is 38.7. The minimum absolute atomic E-state index is 0.0256. The number of anilines is 2. The highest BCUT2D eigenvalue weighted by Crippen LogP contribution is 2.44. The smallest absolute Gasteiger partial charge is 0.255 e. The average molecular weight is 875 g/mol. The van der Waals surface area contributed by atoms with Crippen molar-refractivity contribution in [3.05, 3.63) is 67.7 Å². The maximum atomic E-state index is 15.6. The first-order chi connectivity index (χ1) is 29.9. The highest BCUT2D eigenvalue weighted by molar-refractivity contribution is 5.93. The molecular formula is C48H68F2N8O5. The van der Waals surface area contributed by atoms with E-state index in [0.717, 1.165) is 80.3 Å². The average Bonchev–Trinajstić information content (AvgIpc) is 4.12. The molecule has 2 aliphatic heterocycles. The number of aryl methyl sites for hydroxylation is 2. The fraction of sp³-hybridized carbons (Fsp3) is 0.604. The Kier molecular flexibility index (Phi) is 14.1. The third-order valence-corrected chi connectivity index (χ3v) is 13.3. The van der Waals surface area contributed by atoms with Gasteiger partial charge >= 0.3 is 0 Å². The second-order valence-electron chi connectivity index (χ2n) is 19.0. The van der Waals surface area contributed by atoms with Crippen LogP contribution in [0.2, 0.25) is 0 Å². The Hall–Kier alpha value is -4.73. The number of ether oxygens (including phenoxy) is 2. The molecule has 2 aromatic heterocycles. The van der Waals surface area contributed by atoms with Gasteiger partial charge in [-0.3, -0.25) is 14.4 Å². The van der Waals surface area contributed by atoms with Crippen molar-refractivity contribution < 1.29 is 23.0 Å². The van der Waals surface area contributed by atoms with Crippen molar-refractivity contribution in [1.29, 1.82) is 0 Å². The standard InChI is InChI=1S/C25H35FN4O3.C23H33FN4O2/c1-15-24-20(22(33-11-10-28(4)5)13-23(32)30(24)19-6-7-19)12-21(26)25(15)29-9-8-18(14-29)16(2)27-17(3)31;1-14-22-18(11-19(24)23(14)27-8-7-16(13-27)15(2)25)20(30-10-9-26(3)4)12-21(29)28(22)17-5-6-17/h12-13,16,18-19H,6-11,14H2,1-5H3,(H,27,31);11-12,15-17H,5-10,13,25H2,1-4H3/t16-,18+;15-,16+/m00/s1. The SMILES string of the molecule is CC(=O)N[C@@H](C)[C@@H]1CCN(c2c(F)cc3c(OCCN(C)C)cc(=O)n(C4CC4)c3c2C)C1.Cc1c(N2CC[C@@H]([C@H](C)N)C2)c(F)cc2c(OCCN(C)C)cc(=O)n(C3CC3)c12. The van der Waals surface area contributed by atoms with Gasteiger partial charge < -0.3 is 49.3 Å². The maximum absolute atomic E-state index is 15.6. The molecule has 4 atom stereocenters. The van der Waals surface area contributed by atoms with E-state index in [1.165, 1.54) is 25.1 Å². The Bertz CT molecular complexity index is 2440. The van der Waals surface area contributed by atoms with Gasteiger partial charge in [-0.2, -0.15) is 0 Å². The Morgan fingerprint density at radius 2 is 1.14 bits per heavy atom. The van der Waals surface area contributed by atoms with Gasteiger partial charge in [-0.1, -0.05) is 0 Å². The van der Waals surface area contributed by atoms with Crippen LogP contribution in [-0.2, 0) is 4.79 Å². The lowest BCUT2D eigenvalue weighted by Gasteiger charge is -2.26. The van der Waals surface area contributed by atoms with E-state index < -0.39 is 0 Å². The summed E-state index contributed by atoms with van der Waals surface area (Å²) in [5, 5.41) is 4.30. The van der Waals surface area contributed by atoms with Crippen molar-refractivity contribution in [2.45, 2.75) is 97.3 Å². The van der Waals surface area contributed by atoms with Crippen LogP contribution in [0.25, 0.3) is 21.8 Å². The summed E-state index contributed by atoms with van der Waals surface area (Å²) in [6.07, 6.45) is 5.72. The molecule has 4 fully saturated rings. The van der Waals surface area contributed by atoms with Gasteiger partial charge in [0.25, 0.3) is 11.1 Å². The molecule has 2 saturated carbocycles. The first kappa shape index (κ1) is 46.3. The fourth-order valence-corrected chi connectivity index (χ4v) is 9.59. The Balaban J connectivity index is 0.000000190. The number of hydrogen-bond acceptors (Lipinski definition) is 10. The van der Waals surface area contributed by atoms with Crippen LogP contribution in [0.15, 0.2) is 33.9 Å². The fourth-order valence-electron chi connectivity index (χ4n) is 9.59. The van der Waals surface area contributed by atoms with Crippen LogP contribution in [-0.4, -0.2) is 118 Å². The minimum atomic E-state index is -0.300. The molecule has 0 radical (unpaired) electrons. The van der Waals surface area contributed by atoms with Crippen molar-refractivity contribution in [3.63, 3.8) is 0 Å². The lowest BCUT2D eigenvalue weighted by atomic mass is 10.0. The molecule has 0 spiro atoms. The van der Waals surface area contributed by atoms with Crippen molar-refractivity contribution in [3.8, 4) is 11.5 Å². The van der Waals surface area contributed by atoms with Crippen LogP contribution in [0, 0.1) is 37.3 Å². The molecule has 0 bridgehead atoms. The number of carbonyl (C=O) groups is 1. The Morgan fingerprint density at radius 3 is 1.51 bits per heavy atom. The summed E-state index contributed by atoms with van der Waals surface area (Å²) in [4.78, 5) is 45.7. The largest absolute Gasteiger partial charge is 0.491 e. The molecule has 63 heavy (non-hydrogen) atoms. The zero-order chi connectivity index (χ0) is 45.4. The summed E-state index contributed by atoms with van der Waals surface area (Å²) >= 11 is 0. The summed E-state index contributed by atoms with van der Waals surface area (Å²) in [5.74, 6) is 0.901. The number of benzene rings is 2. The third kappa shape index (κ3) is 10.2. The molecule has 8 rings (SSSR count). The molecule has 344 valence electrons. The second-order valence-corrected chi connectivity index (χ2v) is 19.0. The normalized spacial score (nSPS) is 19.8. The molecule has 3 N–H and O–H groups in total. The van der Waals surface area contributed by atoms with Gasteiger partial charge in [0, 0.05) is 93.3 Å². The topological polar surface area (TPSA) is 131 Å². The Morgan fingerprint density at radius 1 is 0.730 bits per heavy atom. The number of halogens is 2. The number of likely N-dealkylation sites (N-methyl/N-ethyl adjacent to an activating group) is 2. The molecule has 2 aliphatic carbocycles. The van der Waals surface area contributed by atoms with E-state index in [2.05, 4.69) is 15.1 Å². The molecule has 2 saturated heterocycles. The van der Waals surface area contributed by atoms with Gasteiger partial charge in [0.2, 0.25) is 5.91 Å². The molecule has 0 unspecified atom stereocenters. The number of nitrogens with one attached hydrogen (secondary N) is 1. The van der Waals surface area contributed by atoms with Gasteiger partial charge in [0.15, 0.2) is 0 Å². The third-order valence-electron chi connectivity index (χ3n) is 13.3. The first-order valence-electron chi connectivity index (χ1n) is 22.8. The van der Waals surface area contributed by atoms with Gasteiger partial charge in [-0.15, -0.1) is 0 Å². The predicted molar refractivity (Wildman–Crippen MR) is 248 cm³/mol. The molecular weight excluding hydrogens is 807 g/mol. The summed E-state index contributed by atoms with van der Waals surface area (Å²) < 4.78 is 46.6. The van der Waals surface area contributed by atoms with Crippen LogP contribution in [0.4, 0.5) is 20.2 Å². The van der Waals surface area contributed by atoms with Crippen LogP contribution in [0.5, 0.6) is 11.5 Å². The summed E-state index contributed by atoms with van der Waals surface area (Å²) in [6.45, 7) is 14.6. The highest BCUT2D eigenvalue weighted by atomic mass is 19.1. The predicted octanol–water partition coefficient (Wildman–Crippen LogP) is 5.97. The van der Waals surface area contributed by atoms with Crippen LogP contribution >= 0.6 is 0 Å². The molecule has 15 heteroatoms. The first-order valence-corrected chi connectivity index (χ1v) is 22.8. The number of hydrogen-bond donors (Lipinski definition) is 2. The number of amides is 1. The maximum Gasteiger partial charge on any atom is 0.255 e. The van der Waals surface area contributed by atoms with E-state index in [-0.39, 0.29) is 58.7 Å². The minimum Gasteiger partial charge on any atom is -0.491 e. The quantitative estimate of drug-likeness (QED) is 0.147. The number of aromatic nitrogens is 2. The van der Waals surface area contributed by atoms with Crippen LogP contribution in [0.3, 0.4) is 0 Å². The molecule has 13 nitrogen and oxygen atoms in total. The monoisotopic (exact) mass is 875 g/mol. The van der Waals surface area contributed by atoms with Crippen molar-refractivity contribution in [2.24, 2.45) is 17.6 Å². The van der Waals surface area contributed by atoms with Gasteiger partial charge in [-0.25, -0.2) is 8.78 Å². The van der Waals surface area contributed by atoms with Crippen molar-refractivity contribution >= 4 is 39.1 Å². The van der Waals surface area contributed by atoms with Crippen molar-refractivity contribution in [2.75, 3.05) is 90.5 Å². The van der Waals surface area contributed by atoms with E-state index in [1.54, 1.807) is 6.07 Å². The zero-order valence-electron chi connectivity index (χ0n) is 38.7. The summed E-state index contributed by atoms with van der Waals surface area (Å²) in [5.41, 5.74) is 10.3. The molecule has 4 aromatic rings. The second kappa shape index (κ2) is 19.2. The molecule has 4 aliphatic rings. The van der Waals surface area contributed by atoms with Gasteiger partial charge in [-0.05, 0) is 130 Å². The van der Waals surface area contributed by atoms with Crippen LogP contribution in [0.1, 0.15) is 82.5 Å². The number of fused-ring (bicyclic) bond motifs is 2. The van der Waals surface area contributed by atoms with Gasteiger partial charge in [0.1, 0.15) is 36.3 Å². The van der Waals surface area contributed by atoms with E-state index in [1.807, 2.05) is 74.8 Å². The lowest BCUT2D eigenvalue weighted by molar-refractivity contribution is -0.119. The van der Waals surface area contributed by atoms with Crippen LogP contribution < -0.4 is 41.4 Å². The number of rotatable bonds is 15. The number of carbonyl (C=O) groups excluding carboxylic acids is 1. The van der Waals surface area contributed by atoms with Gasteiger partial charge in [0.05, 0.1) is 22.4 Å². The van der Waals surface area contributed by atoms with Crippen molar-refractivity contribution in [1.82, 2.24) is 24.3 Å². The van der Waals surface area contributed by atoms with E-state index >= 15 is 8.78 Å². The van der Waals surface area contributed by atoms with E-state index in [9.17, 15) is 14.4 Å². The molecule has 1 amide bonds. The molecule has 4 heterocycles. The van der Waals surface area contributed by atoms with E-state index in [0.29, 0.717) is 72.4 Å². The number of pyridine rings is 2. The number of nitrogens with two attached hydrogens (primary N) is 1. The summed E-state index contributed by atoms with van der Waals surface area (Å²) in [6, 6.07) is 6.60. The van der Waals surface area contributed by atoms with E-state index in [4.69, 9.17) is 15.2 Å². The lowest BCUT2D eigenvalue weighted by Crippen LogP contribution is -2.38. The highest BCUT2D eigenvalue weighted by Gasteiger charge is 2.35. The summed E-state index contributed by atoms with van der Waals surface area (Å²) in [7, 11) is 7.85. The number of nitrogens with zero attached hydrogens (tertiary/aromatic N) is 6.